The summed E-state index contributed by atoms with van der Waals surface area (Å²) in [6.45, 7) is 14.6. The second-order valence-corrected chi connectivity index (χ2v) is 11.0. The Hall–Kier alpha value is -3.78. The van der Waals surface area contributed by atoms with E-state index in [4.69, 9.17) is 9.47 Å². The number of benzene rings is 5. The van der Waals surface area contributed by atoms with Crippen molar-refractivity contribution >= 4 is 21.5 Å². The van der Waals surface area contributed by atoms with E-state index in [1.54, 1.807) is 0 Å². The van der Waals surface area contributed by atoms with Crippen molar-refractivity contribution in [2.24, 2.45) is 0 Å². The van der Waals surface area contributed by atoms with E-state index in [2.05, 4.69) is 139 Å². The number of rotatable bonds is 3. The van der Waals surface area contributed by atoms with Gasteiger partial charge in [0.25, 0.3) is 0 Å². The van der Waals surface area contributed by atoms with Crippen LogP contribution >= 0.6 is 0 Å². The van der Waals surface area contributed by atoms with Gasteiger partial charge in [-0.1, -0.05) is 133 Å². The van der Waals surface area contributed by atoms with Crippen molar-refractivity contribution in [1.82, 2.24) is 0 Å². The van der Waals surface area contributed by atoms with Crippen LogP contribution in [-0.2, 0) is 0 Å². The average molecular weight is 519 g/mol. The molecule has 0 radical (unpaired) electrons. The Labute approximate surface area is 234 Å². The van der Waals surface area contributed by atoms with Crippen LogP contribution in [0.15, 0.2) is 103 Å². The third kappa shape index (κ3) is 7.41. The molecule has 0 spiro atoms. The zero-order valence-corrected chi connectivity index (χ0v) is 24.3. The Balaban J connectivity index is 0.000000136. The van der Waals surface area contributed by atoms with Gasteiger partial charge in [-0.25, -0.2) is 0 Å². The molecule has 1 aliphatic rings. The van der Waals surface area contributed by atoms with E-state index in [1.807, 2.05) is 6.07 Å². The van der Waals surface area contributed by atoms with E-state index < -0.39 is 0 Å². The summed E-state index contributed by atoms with van der Waals surface area (Å²) < 4.78 is 10.9. The van der Waals surface area contributed by atoms with Gasteiger partial charge in [-0.3, -0.25) is 0 Å². The normalized spacial score (nSPS) is 12.2. The SMILES string of the molecule is CC(C)c1ccc2c(c1)OCCO2.CC(C)c1ccc2ccccc2c1.CC(C)c1cccc2ccccc12. The largest absolute Gasteiger partial charge is 0.486 e. The number of fused-ring (bicyclic) bond motifs is 3. The fourth-order valence-electron chi connectivity index (χ4n) is 4.74. The van der Waals surface area contributed by atoms with E-state index >= 15 is 0 Å². The molecule has 6 rings (SSSR count). The van der Waals surface area contributed by atoms with Gasteiger partial charge in [0.05, 0.1) is 0 Å². The van der Waals surface area contributed by atoms with Gasteiger partial charge in [-0.15, -0.1) is 0 Å². The lowest BCUT2D eigenvalue weighted by molar-refractivity contribution is 0.171. The summed E-state index contributed by atoms with van der Waals surface area (Å²) >= 11 is 0. The molecule has 0 atom stereocenters. The minimum Gasteiger partial charge on any atom is -0.486 e. The highest BCUT2D eigenvalue weighted by molar-refractivity contribution is 5.86. The van der Waals surface area contributed by atoms with Gasteiger partial charge in [0.2, 0.25) is 0 Å². The number of hydrogen-bond donors (Lipinski definition) is 0. The summed E-state index contributed by atoms with van der Waals surface area (Å²) in [6, 6.07) is 36.4. The first-order valence-electron chi connectivity index (χ1n) is 14.2. The second kappa shape index (κ2) is 13.3. The van der Waals surface area contributed by atoms with Crippen LogP contribution in [0.5, 0.6) is 11.5 Å². The minimum atomic E-state index is 0.538. The Morgan fingerprint density at radius 1 is 0.462 bits per heavy atom. The van der Waals surface area contributed by atoms with E-state index in [-0.39, 0.29) is 0 Å². The summed E-state index contributed by atoms with van der Waals surface area (Å²) in [6.07, 6.45) is 0. The molecule has 0 aliphatic carbocycles. The molecule has 0 bridgehead atoms. The first-order valence-corrected chi connectivity index (χ1v) is 14.2. The monoisotopic (exact) mass is 518 g/mol. The highest BCUT2D eigenvalue weighted by Gasteiger charge is 2.12. The summed E-state index contributed by atoms with van der Waals surface area (Å²) in [5.74, 6) is 3.51. The Bertz CT molecular complexity index is 1480. The maximum Gasteiger partial charge on any atom is 0.161 e. The van der Waals surface area contributed by atoms with E-state index in [1.165, 1.54) is 38.2 Å². The molecule has 0 unspecified atom stereocenters. The third-order valence-corrected chi connectivity index (χ3v) is 7.12. The molecule has 0 N–H and O–H groups in total. The highest BCUT2D eigenvalue weighted by Crippen LogP contribution is 2.32. The fourth-order valence-corrected chi connectivity index (χ4v) is 4.74. The summed E-state index contributed by atoms with van der Waals surface area (Å²) in [7, 11) is 0. The first kappa shape index (κ1) is 28.2. The molecular weight excluding hydrogens is 476 g/mol. The minimum absolute atomic E-state index is 0.538. The molecule has 0 fully saturated rings. The molecule has 5 aromatic rings. The van der Waals surface area contributed by atoms with Crippen LogP contribution < -0.4 is 9.47 Å². The molecule has 2 nitrogen and oxygen atoms in total. The van der Waals surface area contributed by atoms with Crippen molar-refractivity contribution in [2.75, 3.05) is 13.2 Å². The highest BCUT2D eigenvalue weighted by atomic mass is 16.6. The van der Waals surface area contributed by atoms with E-state index in [0.29, 0.717) is 31.0 Å². The predicted molar refractivity (Wildman–Crippen MR) is 168 cm³/mol. The molecule has 1 heterocycles. The second-order valence-electron chi connectivity index (χ2n) is 11.0. The fraction of sp³-hybridized carbons (Fsp3) is 0.297. The number of ether oxygens (including phenoxy) is 2. The van der Waals surface area contributed by atoms with Crippen LogP contribution in [0.4, 0.5) is 0 Å². The van der Waals surface area contributed by atoms with E-state index in [0.717, 1.165) is 11.5 Å². The molecular formula is C37H42O2. The molecule has 39 heavy (non-hydrogen) atoms. The summed E-state index contributed by atoms with van der Waals surface area (Å²) in [4.78, 5) is 0. The summed E-state index contributed by atoms with van der Waals surface area (Å²) in [5, 5.41) is 5.40. The maximum absolute atomic E-state index is 5.49. The lowest BCUT2D eigenvalue weighted by Gasteiger charge is -2.19. The van der Waals surface area contributed by atoms with Crippen molar-refractivity contribution < 1.29 is 9.47 Å². The van der Waals surface area contributed by atoms with Crippen molar-refractivity contribution in [3.8, 4) is 11.5 Å². The lowest BCUT2D eigenvalue weighted by Crippen LogP contribution is -2.15. The standard InChI is InChI=1S/2C13H14.C11H14O2/c1-10(2)12-9-5-7-11-6-3-4-8-13(11)12;1-10(2)12-8-7-11-5-3-4-6-13(11)9-12;1-8(2)9-3-4-10-11(7-9)13-6-5-12-10/h2*3-10H,1-2H3;3-4,7-8H,5-6H2,1-2H3. The Kier molecular flexibility index (Phi) is 9.65. The smallest absolute Gasteiger partial charge is 0.161 e. The quantitative estimate of drug-likeness (QED) is 0.236. The van der Waals surface area contributed by atoms with Gasteiger partial charge < -0.3 is 9.47 Å². The van der Waals surface area contributed by atoms with Gasteiger partial charge in [0.15, 0.2) is 11.5 Å². The van der Waals surface area contributed by atoms with Crippen LogP contribution in [0.1, 0.15) is 76.0 Å². The molecule has 5 aromatic carbocycles. The molecule has 202 valence electrons. The molecule has 0 saturated carbocycles. The molecule has 0 saturated heterocycles. The number of hydrogen-bond acceptors (Lipinski definition) is 2. The van der Waals surface area contributed by atoms with Crippen LogP contribution in [0.25, 0.3) is 21.5 Å². The van der Waals surface area contributed by atoms with Crippen LogP contribution in [-0.4, -0.2) is 13.2 Å². The van der Waals surface area contributed by atoms with Gasteiger partial charge in [-0.2, -0.15) is 0 Å². The molecule has 0 aromatic heterocycles. The van der Waals surface area contributed by atoms with E-state index in [9.17, 15) is 0 Å². The van der Waals surface area contributed by atoms with Gasteiger partial charge in [0, 0.05) is 0 Å². The van der Waals surface area contributed by atoms with Crippen LogP contribution in [0, 0.1) is 0 Å². The Morgan fingerprint density at radius 3 is 1.72 bits per heavy atom. The zero-order valence-electron chi connectivity index (χ0n) is 24.3. The lowest BCUT2D eigenvalue weighted by atomic mass is 9.96. The van der Waals surface area contributed by atoms with Crippen molar-refractivity contribution in [3.63, 3.8) is 0 Å². The first-order chi connectivity index (χ1) is 18.8. The predicted octanol–water partition coefficient (Wildman–Crippen LogP) is 10.5. The van der Waals surface area contributed by atoms with Gasteiger partial charge in [-0.05, 0) is 68.1 Å². The molecule has 2 heteroatoms. The van der Waals surface area contributed by atoms with Crippen LogP contribution in [0.3, 0.4) is 0 Å². The Morgan fingerprint density at radius 2 is 1.03 bits per heavy atom. The van der Waals surface area contributed by atoms with Crippen LogP contribution in [0.2, 0.25) is 0 Å². The van der Waals surface area contributed by atoms with Gasteiger partial charge >= 0.3 is 0 Å². The van der Waals surface area contributed by atoms with Gasteiger partial charge in [0.1, 0.15) is 13.2 Å². The maximum atomic E-state index is 5.49. The van der Waals surface area contributed by atoms with Crippen molar-refractivity contribution in [3.05, 3.63) is 120 Å². The average Bonchev–Trinajstić information content (AvgIpc) is 2.97. The molecule has 1 aliphatic heterocycles. The third-order valence-electron chi connectivity index (χ3n) is 7.12. The zero-order chi connectivity index (χ0) is 27.8. The topological polar surface area (TPSA) is 18.5 Å². The van der Waals surface area contributed by atoms with Crippen molar-refractivity contribution in [1.29, 1.82) is 0 Å². The molecule has 0 amide bonds. The summed E-state index contributed by atoms with van der Waals surface area (Å²) in [5.41, 5.74) is 4.15. The van der Waals surface area contributed by atoms with Crippen molar-refractivity contribution in [2.45, 2.75) is 59.3 Å².